The Balaban J connectivity index is 2.06. The zero-order chi connectivity index (χ0) is 20.0. The maximum atomic E-state index is 9.00. The van der Waals surface area contributed by atoms with Crippen LogP contribution in [0.5, 0.6) is 0 Å². The molecule has 142 valence electrons. The Bertz CT molecular complexity index is 900. The second kappa shape index (κ2) is 8.56. The number of rotatable bonds is 6. The van der Waals surface area contributed by atoms with Crippen molar-refractivity contribution in [2.45, 2.75) is 38.8 Å². The molecule has 0 aromatic heterocycles. The third-order valence-corrected chi connectivity index (χ3v) is 10.1. The molecule has 0 spiro atoms. The highest BCUT2D eigenvalue weighted by molar-refractivity contribution is 6.99. The van der Waals surface area contributed by atoms with Crippen LogP contribution in [0.25, 0.3) is 0 Å². The normalized spacial score (nSPS) is 11.8. The first kappa shape index (κ1) is 20.1. The minimum atomic E-state index is -2.53. The smallest absolute Gasteiger partial charge is 0.261 e. The van der Waals surface area contributed by atoms with Crippen molar-refractivity contribution >= 4 is 18.7 Å². The average Bonchev–Trinajstić information content (AvgIpc) is 2.70. The van der Waals surface area contributed by atoms with Gasteiger partial charge in [0.2, 0.25) is 0 Å². The Labute approximate surface area is 169 Å². The number of nitrogens with zero attached hydrogens (tertiary/aromatic N) is 1. The van der Waals surface area contributed by atoms with Gasteiger partial charge in [-0.3, -0.25) is 0 Å². The molecule has 0 unspecified atom stereocenters. The molecule has 0 bridgehead atoms. The van der Waals surface area contributed by atoms with Crippen molar-refractivity contribution in [1.29, 1.82) is 5.26 Å². The second-order valence-corrected chi connectivity index (χ2v) is 12.4. The van der Waals surface area contributed by atoms with Gasteiger partial charge in [0.05, 0.1) is 19.1 Å². The van der Waals surface area contributed by atoms with Gasteiger partial charge in [-0.25, -0.2) is 0 Å². The fraction of sp³-hybridized carbons (Fsp3) is 0.240. The molecule has 3 aromatic carbocycles. The summed E-state index contributed by atoms with van der Waals surface area (Å²) in [5, 5.41) is 11.5. The summed E-state index contributed by atoms with van der Waals surface area (Å²) in [4.78, 5) is 0. The molecule has 3 rings (SSSR count). The zero-order valence-electron chi connectivity index (χ0n) is 16.9. The van der Waals surface area contributed by atoms with Crippen molar-refractivity contribution in [2.24, 2.45) is 0 Å². The quantitative estimate of drug-likeness (QED) is 0.570. The van der Waals surface area contributed by atoms with E-state index in [1.54, 1.807) is 0 Å². The van der Waals surface area contributed by atoms with Crippen molar-refractivity contribution < 1.29 is 4.43 Å². The van der Waals surface area contributed by atoms with Gasteiger partial charge < -0.3 is 4.43 Å². The van der Waals surface area contributed by atoms with E-state index in [4.69, 9.17) is 9.69 Å². The molecule has 0 radical (unpaired) electrons. The molecule has 0 aliphatic carbocycles. The van der Waals surface area contributed by atoms with E-state index in [0.717, 1.165) is 11.1 Å². The van der Waals surface area contributed by atoms with Gasteiger partial charge in [0.1, 0.15) is 0 Å². The first-order valence-corrected chi connectivity index (χ1v) is 11.6. The van der Waals surface area contributed by atoms with Crippen LogP contribution >= 0.6 is 0 Å². The summed E-state index contributed by atoms with van der Waals surface area (Å²) in [6.45, 7) is 7.38. The monoisotopic (exact) mass is 385 g/mol. The van der Waals surface area contributed by atoms with Crippen LogP contribution in [0.2, 0.25) is 5.04 Å². The molecular formula is C25H27NOSi. The van der Waals surface area contributed by atoms with E-state index in [1.807, 2.05) is 12.1 Å². The fourth-order valence-corrected chi connectivity index (χ4v) is 8.41. The van der Waals surface area contributed by atoms with Crippen molar-refractivity contribution in [3.05, 3.63) is 96.1 Å². The molecule has 0 fully saturated rings. The van der Waals surface area contributed by atoms with Crippen LogP contribution in [-0.4, -0.2) is 8.32 Å². The largest absolute Gasteiger partial charge is 0.403 e. The Morgan fingerprint density at radius 3 is 1.82 bits per heavy atom. The molecule has 0 aliphatic heterocycles. The summed E-state index contributed by atoms with van der Waals surface area (Å²) in [5.41, 5.74) is 2.15. The number of hydrogen-bond acceptors (Lipinski definition) is 2. The Morgan fingerprint density at radius 2 is 1.32 bits per heavy atom. The summed E-state index contributed by atoms with van der Waals surface area (Å²) in [5.74, 6) is 0. The minimum absolute atomic E-state index is 0.0417. The van der Waals surface area contributed by atoms with Crippen molar-refractivity contribution in [2.75, 3.05) is 0 Å². The van der Waals surface area contributed by atoms with Crippen LogP contribution in [0.15, 0.2) is 84.9 Å². The van der Waals surface area contributed by atoms with Crippen LogP contribution in [0.3, 0.4) is 0 Å². The number of benzene rings is 3. The maximum Gasteiger partial charge on any atom is 0.261 e. The highest BCUT2D eigenvalue weighted by atomic mass is 28.4. The van der Waals surface area contributed by atoms with E-state index >= 15 is 0 Å². The summed E-state index contributed by atoms with van der Waals surface area (Å²) in [6, 6.07) is 31.7. The fourth-order valence-electron chi connectivity index (χ4n) is 3.87. The SMILES string of the molecule is CC(C)(C)[Si](OCc1cccc(CC#N)c1)(c1ccccc1)c1ccccc1. The highest BCUT2D eigenvalue weighted by Gasteiger charge is 2.50. The summed E-state index contributed by atoms with van der Waals surface area (Å²) in [6.07, 6.45) is 0.424. The molecule has 3 heteroatoms. The van der Waals surface area contributed by atoms with Crippen molar-refractivity contribution in [1.82, 2.24) is 0 Å². The van der Waals surface area contributed by atoms with Crippen molar-refractivity contribution in [3.8, 4) is 6.07 Å². The van der Waals surface area contributed by atoms with Gasteiger partial charge in [-0.15, -0.1) is 0 Å². The summed E-state index contributed by atoms with van der Waals surface area (Å²) >= 11 is 0. The third-order valence-electron chi connectivity index (χ3n) is 5.15. The molecule has 0 atom stereocenters. The van der Waals surface area contributed by atoms with Crippen LogP contribution < -0.4 is 10.4 Å². The third kappa shape index (κ3) is 4.09. The molecule has 0 heterocycles. The minimum Gasteiger partial charge on any atom is -0.403 e. The van der Waals surface area contributed by atoms with E-state index in [9.17, 15) is 0 Å². The standard InChI is InChI=1S/C25H27NOSi/c1-25(2,3)28(23-13-6-4-7-14-23,24-15-8-5-9-16-24)27-20-22-12-10-11-21(19-22)17-18-26/h4-16,19H,17,20H2,1-3H3. The van der Waals surface area contributed by atoms with Gasteiger partial charge in [-0.1, -0.05) is 106 Å². The average molecular weight is 386 g/mol. The molecule has 0 aliphatic rings. The maximum absolute atomic E-state index is 9.00. The molecule has 0 saturated carbocycles. The predicted molar refractivity (Wildman–Crippen MR) is 118 cm³/mol. The molecule has 2 nitrogen and oxygen atoms in total. The predicted octanol–water partition coefficient (Wildman–Crippen LogP) is 4.83. The lowest BCUT2D eigenvalue weighted by Gasteiger charge is -2.43. The van der Waals surface area contributed by atoms with Crippen molar-refractivity contribution in [3.63, 3.8) is 0 Å². The Hall–Kier alpha value is -2.67. The van der Waals surface area contributed by atoms with E-state index < -0.39 is 8.32 Å². The lowest BCUT2D eigenvalue weighted by molar-refractivity contribution is 0.286. The van der Waals surface area contributed by atoms with Crippen LogP contribution in [-0.2, 0) is 17.5 Å². The molecule has 0 amide bonds. The summed E-state index contributed by atoms with van der Waals surface area (Å²) in [7, 11) is -2.53. The Morgan fingerprint density at radius 1 is 0.786 bits per heavy atom. The molecule has 3 aromatic rings. The lowest BCUT2D eigenvalue weighted by Crippen LogP contribution is -2.66. The first-order chi connectivity index (χ1) is 13.5. The van der Waals surface area contributed by atoms with Gasteiger partial charge in [0, 0.05) is 0 Å². The zero-order valence-corrected chi connectivity index (χ0v) is 17.9. The van der Waals surface area contributed by atoms with Crippen LogP contribution in [0, 0.1) is 11.3 Å². The number of nitriles is 1. The summed E-state index contributed by atoms with van der Waals surface area (Å²) < 4.78 is 6.94. The van der Waals surface area contributed by atoms with Gasteiger partial charge in [-0.05, 0) is 26.5 Å². The number of hydrogen-bond donors (Lipinski definition) is 0. The molecule has 0 N–H and O–H groups in total. The highest BCUT2D eigenvalue weighted by Crippen LogP contribution is 2.37. The van der Waals surface area contributed by atoms with Gasteiger partial charge in [-0.2, -0.15) is 5.26 Å². The van der Waals surface area contributed by atoms with E-state index in [0.29, 0.717) is 13.0 Å². The molecule has 28 heavy (non-hydrogen) atoms. The second-order valence-electron chi connectivity index (χ2n) is 8.11. The topological polar surface area (TPSA) is 33.0 Å². The first-order valence-electron chi connectivity index (χ1n) is 9.67. The molecular weight excluding hydrogens is 358 g/mol. The Kier molecular flexibility index (Phi) is 6.14. The van der Waals surface area contributed by atoms with Crippen LogP contribution in [0.4, 0.5) is 0 Å². The molecule has 0 saturated heterocycles. The van der Waals surface area contributed by atoms with E-state index in [1.165, 1.54) is 10.4 Å². The van der Waals surface area contributed by atoms with Gasteiger partial charge in [0.15, 0.2) is 0 Å². The van der Waals surface area contributed by atoms with E-state index in [-0.39, 0.29) is 5.04 Å². The van der Waals surface area contributed by atoms with Crippen LogP contribution in [0.1, 0.15) is 31.9 Å². The van der Waals surface area contributed by atoms with E-state index in [2.05, 4.69) is 99.6 Å². The van der Waals surface area contributed by atoms with Gasteiger partial charge >= 0.3 is 0 Å². The van der Waals surface area contributed by atoms with Gasteiger partial charge in [0.25, 0.3) is 8.32 Å². The lowest BCUT2D eigenvalue weighted by atomic mass is 10.1.